The largest absolute Gasteiger partial charge is 0.478 e. The first-order valence-corrected chi connectivity index (χ1v) is 5.94. The predicted octanol–water partition coefficient (Wildman–Crippen LogP) is 0.522. The van der Waals surface area contributed by atoms with Gasteiger partial charge in [0.1, 0.15) is 11.3 Å². The lowest BCUT2D eigenvalue weighted by Gasteiger charge is -2.33. The second-order valence-corrected chi connectivity index (χ2v) is 4.49. The van der Waals surface area contributed by atoms with Gasteiger partial charge in [-0.2, -0.15) is 18.3 Å². The molecule has 2 heterocycles. The van der Waals surface area contributed by atoms with Crippen LogP contribution in [0.5, 0.6) is 0 Å². The first-order valence-electron chi connectivity index (χ1n) is 5.94. The van der Waals surface area contributed by atoms with E-state index in [2.05, 4.69) is 9.84 Å². The number of alkyl halides is 3. The fourth-order valence-corrected chi connectivity index (χ4v) is 2.03. The smallest absolute Gasteiger partial charge is 0.416 e. The number of aromatic nitrogens is 2. The van der Waals surface area contributed by atoms with Gasteiger partial charge < -0.3 is 14.7 Å². The fourth-order valence-electron chi connectivity index (χ4n) is 2.03. The summed E-state index contributed by atoms with van der Waals surface area (Å²) in [6.45, 7) is -0.988. The standard InChI is InChI=1S/C11H12F3N3O4/c1-16-8(6(4-15-16)10(19)20)9(18)17-2-3-21-7(5-17)11(12,13)14/h4,7H,2-3,5H2,1H3,(H,19,20)/t7-/m0/s1. The van der Waals surface area contributed by atoms with E-state index in [4.69, 9.17) is 5.11 Å². The van der Waals surface area contributed by atoms with Crippen LogP contribution in [0.15, 0.2) is 6.20 Å². The van der Waals surface area contributed by atoms with Gasteiger partial charge in [-0.15, -0.1) is 0 Å². The van der Waals surface area contributed by atoms with Crippen molar-refractivity contribution in [2.45, 2.75) is 12.3 Å². The molecule has 2 rings (SSSR count). The zero-order chi connectivity index (χ0) is 15.8. The molecule has 1 amide bonds. The molecule has 1 saturated heterocycles. The quantitative estimate of drug-likeness (QED) is 0.861. The SMILES string of the molecule is Cn1ncc(C(=O)O)c1C(=O)N1CCO[C@H](C(F)(F)F)C1. The van der Waals surface area contributed by atoms with Crippen LogP contribution in [-0.4, -0.2) is 63.6 Å². The van der Waals surface area contributed by atoms with Crippen molar-refractivity contribution in [1.29, 1.82) is 0 Å². The molecular formula is C11H12F3N3O4. The van der Waals surface area contributed by atoms with Crippen molar-refractivity contribution in [3.05, 3.63) is 17.5 Å². The Morgan fingerprint density at radius 3 is 2.71 bits per heavy atom. The highest BCUT2D eigenvalue weighted by Gasteiger charge is 2.44. The number of hydrogen-bond donors (Lipinski definition) is 1. The van der Waals surface area contributed by atoms with E-state index in [1.165, 1.54) is 7.05 Å². The van der Waals surface area contributed by atoms with E-state index in [-0.39, 0.29) is 24.4 Å². The number of rotatable bonds is 2. The van der Waals surface area contributed by atoms with Gasteiger partial charge in [-0.25, -0.2) is 4.79 Å². The third-order valence-electron chi connectivity index (χ3n) is 3.09. The van der Waals surface area contributed by atoms with Gasteiger partial charge >= 0.3 is 12.1 Å². The Labute approximate surface area is 116 Å². The summed E-state index contributed by atoms with van der Waals surface area (Å²) >= 11 is 0. The molecule has 0 aromatic carbocycles. The predicted molar refractivity (Wildman–Crippen MR) is 61.9 cm³/mol. The van der Waals surface area contributed by atoms with Gasteiger partial charge in [-0.3, -0.25) is 9.48 Å². The summed E-state index contributed by atoms with van der Waals surface area (Å²) in [6.07, 6.45) is -5.67. The topological polar surface area (TPSA) is 84.7 Å². The number of aryl methyl sites for hydroxylation is 1. The molecule has 21 heavy (non-hydrogen) atoms. The second-order valence-electron chi connectivity index (χ2n) is 4.49. The summed E-state index contributed by atoms with van der Waals surface area (Å²) < 4.78 is 43.5. The van der Waals surface area contributed by atoms with Gasteiger partial charge in [-0.1, -0.05) is 0 Å². The number of carboxylic acid groups (broad SMARTS) is 1. The maximum Gasteiger partial charge on any atom is 0.416 e. The number of nitrogens with zero attached hydrogens (tertiary/aromatic N) is 3. The highest BCUT2D eigenvalue weighted by molar-refractivity contribution is 6.03. The lowest BCUT2D eigenvalue weighted by atomic mass is 10.2. The highest BCUT2D eigenvalue weighted by atomic mass is 19.4. The van der Waals surface area contributed by atoms with Crippen molar-refractivity contribution in [3.8, 4) is 0 Å². The molecule has 1 aromatic rings. The fraction of sp³-hybridized carbons (Fsp3) is 0.545. The van der Waals surface area contributed by atoms with E-state index in [1.54, 1.807) is 0 Å². The molecule has 7 nitrogen and oxygen atoms in total. The van der Waals surface area contributed by atoms with Crippen LogP contribution in [0.3, 0.4) is 0 Å². The molecular weight excluding hydrogens is 295 g/mol. The summed E-state index contributed by atoms with van der Waals surface area (Å²) in [6, 6.07) is 0. The van der Waals surface area contributed by atoms with Crippen LogP contribution in [0.2, 0.25) is 0 Å². The molecule has 1 aliphatic heterocycles. The van der Waals surface area contributed by atoms with E-state index in [0.717, 1.165) is 15.8 Å². The van der Waals surface area contributed by atoms with Crippen LogP contribution in [0.4, 0.5) is 13.2 Å². The number of morpholine rings is 1. The van der Waals surface area contributed by atoms with Gasteiger partial charge in [0.25, 0.3) is 5.91 Å². The molecule has 1 aliphatic rings. The monoisotopic (exact) mass is 307 g/mol. The van der Waals surface area contributed by atoms with Gasteiger partial charge in [0.15, 0.2) is 6.10 Å². The zero-order valence-corrected chi connectivity index (χ0v) is 10.9. The number of amides is 1. The van der Waals surface area contributed by atoms with Crippen LogP contribution in [0.1, 0.15) is 20.8 Å². The minimum absolute atomic E-state index is 0.0460. The molecule has 10 heteroatoms. The molecule has 1 N–H and O–H groups in total. The average Bonchev–Trinajstić information content (AvgIpc) is 2.79. The number of carbonyl (C=O) groups excluding carboxylic acids is 1. The Morgan fingerprint density at radius 1 is 1.48 bits per heavy atom. The van der Waals surface area contributed by atoms with Crippen LogP contribution in [0.25, 0.3) is 0 Å². The molecule has 0 saturated carbocycles. The Bertz CT molecular complexity index is 570. The van der Waals surface area contributed by atoms with Crippen LogP contribution in [0, 0.1) is 0 Å². The Kier molecular flexibility index (Phi) is 3.90. The number of ether oxygens (including phenoxy) is 1. The molecule has 0 unspecified atom stereocenters. The lowest BCUT2D eigenvalue weighted by molar-refractivity contribution is -0.233. The molecule has 0 spiro atoms. The number of carboxylic acids is 1. The zero-order valence-electron chi connectivity index (χ0n) is 10.9. The van der Waals surface area contributed by atoms with E-state index < -0.39 is 30.7 Å². The van der Waals surface area contributed by atoms with Crippen molar-refractivity contribution in [3.63, 3.8) is 0 Å². The number of aromatic carboxylic acids is 1. The average molecular weight is 307 g/mol. The Hall–Kier alpha value is -2.10. The van der Waals surface area contributed by atoms with Gasteiger partial charge in [0.05, 0.1) is 19.3 Å². The maximum atomic E-state index is 12.6. The third-order valence-corrected chi connectivity index (χ3v) is 3.09. The van der Waals surface area contributed by atoms with Gasteiger partial charge in [0, 0.05) is 13.6 Å². The van der Waals surface area contributed by atoms with Crippen LogP contribution < -0.4 is 0 Å². The lowest BCUT2D eigenvalue weighted by Crippen LogP contribution is -2.51. The molecule has 116 valence electrons. The van der Waals surface area contributed by atoms with Gasteiger partial charge in [-0.05, 0) is 0 Å². The third kappa shape index (κ3) is 2.99. The van der Waals surface area contributed by atoms with Gasteiger partial charge in [0.2, 0.25) is 0 Å². The minimum atomic E-state index is -4.58. The first kappa shape index (κ1) is 15.3. The summed E-state index contributed by atoms with van der Waals surface area (Å²) in [7, 11) is 1.35. The van der Waals surface area contributed by atoms with Crippen molar-refractivity contribution < 1.29 is 32.6 Å². The number of halogens is 3. The first-order chi connectivity index (χ1) is 9.71. The van der Waals surface area contributed by atoms with E-state index in [1.807, 2.05) is 0 Å². The minimum Gasteiger partial charge on any atom is -0.478 e. The van der Waals surface area contributed by atoms with Crippen molar-refractivity contribution in [1.82, 2.24) is 14.7 Å². The highest BCUT2D eigenvalue weighted by Crippen LogP contribution is 2.26. The van der Waals surface area contributed by atoms with Crippen molar-refractivity contribution >= 4 is 11.9 Å². The number of hydrogen-bond acceptors (Lipinski definition) is 4. The molecule has 0 radical (unpaired) electrons. The normalized spacial score (nSPS) is 19.6. The summed E-state index contributed by atoms with van der Waals surface area (Å²) in [5, 5.41) is 12.6. The molecule has 1 aromatic heterocycles. The summed E-state index contributed by atoms with van der Waals surface area (Å²) in [4.78, 5) is 24.2. The molecule has 1 atom stereocenters. The summed E-state index contributed by atoms with van der Waals surface area (Å²) in [5.41, 5.74) is -0.608. The van der Waals surface area contributed by atoms with E-state index in [0.29, 0.717) is 0 Å². The van der Waals surface area contributed by atoms with E-state index in [9.17, 15) is 22.8 Å². The van der Waals surface area contributed by atoms with Crippen molar-refractivity contribution in [2.75, 3.05) is 19.7 Å². The molecule has 0 aliphatic carbocycles. The van der Waals surface area contributed by atoms with Crippen molar-refractivity contribution in [2.24, 2.45) is 7.05 Å². The van der Waals surface area contributed by atoms with E-state index >= 15 is 0 Å². The van der Waals surface area contributed by atoms with Crippen LogP contribution >= 0.6 is 0 Å². The number of carbonyl (C=O) groups is 2. The second kappa shape index (κ2) is 5.35. The molecule has 0 bridgehead atoms. The Balaban J connectivity index is 2.24. The maximum absolute atomic E-state index is 12.6. The Morgan fingerprint density at radius 2 is 2.14 bits per heavy atom. The molecule has 1 fully saturated rings. The summed E-state index contributed by atoms with van der Waals surface area (Å²) in [5.74, 6) is -2.18. The van der Waals surface area contributed by atoms with Crippen LogP contribution in [-0.2, 0) is 11.8 Å².